The van der Waals surface area contributed by atoms with Crippen LogP contribution in [0.4, 0.5) is 5.69 Å². The molecule has 0 amide bonds. The Kier molecular flexibility index (Phi) is 4.42. The first kappa shape index (κ1) is 16.4. The number of para-hydroxylation sites is 2. The number of anilines is 1. The van der Waals surface area contributed by atoms with Gasteiger partial charge >= 0.3 is 0 Å². The van der Waals surface area contributed by atoms with Crippen molar-refractivity contribution in [1.82, 2.24) is 4.98 Å². The summed E-state index contributed by atoms with van der Waals surface area (Å²) in [6.45, 7) is 0.212. The Hall–Kier alpha value is -3.11. The lowest BCUT2D eigenvalue weighted by Crippen LogP contribution is -2.13. The number of aromatic nitrogens is 1. The molecule has 26 heavy (non-hydrogen) atoms. The lowest BCUT2D eigenvalue weighted by Gasteiger charge is -2.06. The van der Waals surface area contributed by atoms with Gasteiger partial charge in [-0.15, -0.1) is 0 Å². The molecule has 1 aromatic heterocycles. The van der Waals surface area contributed by atoms with Gasteiger partial charge in [-0.2, -0.15) is 0 Å². The number of ketones is 1. The molecule has 3 aromatic carbocycles. The quantitative estimate of drug-likeness (QED) is 0.480. The molecule has 0 saturated carbocycles. The van der Waals surface area contributed by atoms with E-state index in [0.29, 0.717) is 16.5 Å². The highest BCUT2D eigenvalue weighted by Gasteiger charge is 2.08. The molecule has 0 aliphatic rings. The number of carbonyl (C=O) groups is 1. The normalized spacial score (nSPS) is 10.8. The zero-order valence-corrected chi connectivity index (χ0v) is 14.5. The van der Waals surface area contributed by atoms with Gasteiger partial charge in [-0.25, -0.2) is 4.98 Å². The van der Waals surface area contributed by atoms with E-state index in [4.69, 9.17) is 16.0 Å². The molecule has 4 aromatic rings. The van der Waals surface area contributed by atoms with Crippen molar-refractivity contribution < 1.29 is 9.21 Å². The molecule has 0 unspecified atom stereocenters. The Morgan fingerprint density at radius 3 is 2.42 bits per heavy atom. The van der Waals surface area contributed by atoms with Crippen LogP contribution in [0.5, 0.6) is 0 Å². The number of fused-ring (bicyclic) bond motifs is 1. The number of hydrogen-bond acceptors (Lipinski definition) is 4. The summed E-state index contributed by atoms with van der Waals surface area (Å²) in [6, 6.07) is 22.2. The van der Waals surface area contributed by atoms with Gasteiger partial charge < -0.3 is 9.73 Å². The van der Waals surface area contributed by atoms with Gasteiger partial charge in [0.15, 0.2) is 11.4 Å². The topological polar surface area (TPSA) is 55.1 Å². The highest BCUT2D eigenvalue weighted by atomic mass is 35.5. The molecule has 1 heterocycles. The van der Waals surface area contributed by atoms with E-state index in [0.717, 1.165) is 22.4 Å². The van der Waals surface area contributed by atoms with E-state index in [1.54, 1.807) is 24.3 Å². The molecule has 1 N–H and O–H groups in total. The van der Waals surface area contributed by atoms with Crippen molar-refractivity contribution in [3.8, 4) is 11.5 Å². The molecule has 4 rings (SSSR count). The van der Waals surface area contributed by atoms with Crippen LogP contribution in [0.25, 0.3) is 22.6 Å². The molecule has 0 aliphatic heterocycles. The first-order valence-electron chi connectivity index (χ1n) is 8.18. The predicted octanol–water partition coefficient (Wildman–Crippen LogP) is 5.44. The average molecular weight is 363 g/mol. The van der Waals surface area contributed by atoms with Gasteiger partial charge in [0.25, 0.3) is 0 Å². The second-order valence-electron chi connectivity index (χ2n) is 5.85. The van der Waals surface area contributed by atoms with Gasteiger partial charge in [-0.3, -0.25) is 4.79 Å². The number of Topliss-reactive ketones (excluding diaryl/α,β-unsaturated/α-hetero) is 1. The predicted molar refractivity (Wildman–Crippen MR) is 104 cm³/mol. The Balaban J connectivity index is 1.44. The molecule has 0 bridgehead atoms. The van der Waals surface area contributed by atoms with Crippen LogP contribution in [0.15, 0.2) is 77.2 Å². The summed E-state index contributed by atoms with van der Waals surface area (Å²) < 4.78 is 5.76. The lowest BCUT2D eigenvalue weighted by molar-refractivity contribution is 0.101. The van der Waals surface area contributed by atoms with Crippen molar-refractivity contribution in [3.63, 3.8) is 0 Å². The Labute approximate surface area is 155 Å². The SMILES string of the molecule is O=C(CNc1ccc(-c2nc3ccccc3o2)cc1)c1ccc(Cl)cc1. The number of nitrogens with zero attached hydrogens (tertiary/aromatic N) is 1. The maximum atomic E-state index is 12.2. The molecule has 5 heteroatoms. The van der Waals surface area contributed by atoms with Crippen molar-refractivity contribution >= 4 is 34.2 Å². The third kappa shape index (κ3) is 3.46. The Morgan fingerprint density at radius 1 is 0.962 bits per heavy atom. The van der Waals surface area contributed by atoms with Crippen LogP contribution in [0.3, 0.4) is 0 Å². The van der Waals surface area contributed by atoms with Gasteiger partial charge in [0, 0.05) is 21.8 Å². The van der Waals surface area contributed by atoms with E-state index in [1.807, 2.05) is 48.5 Å². The summed E-state index contributed by atoms with van der Waals surface area (Å²) in [4.78, 5) is 16.7. The number of hydrogen-bond donors (Lipinski definition) is 1. The van der Waals surface area contributed by atoms with Gasteiger partial charge in [0.1, 0.15) is 5.52 Å². The van der Waals surface area contributed by atoms with Crippen LogP contribution >= 0.6 is 11.6 Å². The van der Waals surface area contributed by atoms with E-state index >= 15 is 0 Å². The molecular weight excluding hydrogens is 348 g/mol. The molecule has 0 atom stereocenters. The van der Waals surface area contributed by atoms with E-state index in [-0.39, 0.29) is 12.3 Å². The van der Waals surface area contributed by atoms with Crippen molar-refractivity contribution in [2.24, 2.45) is 0 Å². The second kappa shape index (κ2) is 7.02. The third-order valence-corrected chi connectivity index (χ3v) is 4.30. The molecule has 0 radical (unpaired) electrons. The number of halogens is 1. The van der Waals surface area contributed by atoms with Gasteiger partial charge in [0.2, 0.25) is 5.89 Å². The van der Waals surface area contributed by atoms with Gasteiger partial charge in [-0.05, 0) is 60.7 Å². The molecule has 128 valence electrons. The second-order valence-corrected chi connectivity index (χ2v) is 6.28. The summed E-state index contributed by atoms with van der Waals surface area (Å²) in [5.74, 6) is 0.583. The van der Waals surface area contributed by atoms with Crippen LogP contribution < -0.4 is 5.32 Å². The van der Waals surface area contributed by atoms with Crippen molar-refractivity contribution in [1.29, 1.82) is 0 Å². The van der Waals surface area contributed by atoms with Crippen molar-refractivity contribution in [3.05, 3.63) is 83.4 Å². The first-order chi connectivity index (χ1) is 12.7. The number of nitrogens with one attached hydrogen (secondary N) is 1. The summed E-state index contributed by atoms with van der Waals surface area (Å²) >= 11 is 5.84. The van der Waals surface area contributed by atoms with Crippen molar-refractivity contribution in [2.75, 3.05) is 11.9 Å². The summed E-state index contributed by atoms with van der Waals surface area (Å²) in [5, 5.41) is 3.74. The molecule has 0 spiro atoms. The van der Waals surface area contributed by atoms with Crippen LogP contribution in [-0.4, -0.2) is 17.3 Å². The van der Waals surface area contributed by atoms with E-state index < -0.39 is 0 Å². The number of oxazole rings is 1. The maximum Gasteiger partial charge on any atom is 0.227 e. The monoisotopic (exact) mass is 362 g/mol. The highest BCUT2D eigenvalue weighted by molar-refractivity contribution is 6.30. The van der Waals surface area contributed by atoms with Gasteiger partial charge in [0.05, 0.1) is 6.54 Å². The van der Waals surface area contributed by atoms with E-state index in [1.165, 1.54) is 0 Å². The summed E-state index contributed by atoms with van der Waals surface area (Å²) in [7, 11) is 0. The highest BCUT2D eigenvalue weighted by Crippen LogP contribution is 2.25. The fraction of sp³-hybridized carbons (Fsp3) is 0.0476. The average Bonchev–Trinajstić information content (AvgIpc) is 3.11. The molecule has 4 nitrogen and oxygen atoms in total. The lowest BCUT2D eigenvalue weighted by atomic mass is 10.1. The zero-order valence-electron chi connectivity index (χ0n) is 13.8. The van der Waals surface area contributed by atoms with Crippen LogP contribution in [-0.2, 0) is 0 Å². The minimum absolute atomic E-state index is 0.00435. The summed E-state index contributed by atoms with van der Waals surface area (Å²) in [5.41, 5.74) is 3.96. The largest absolute Gasteiger partial charge is 0.436 e. The van der Waals surface area contributed by atoms with E-state index in [2.05, 4.69) is 10.3 Å². The van der Waals surface area contributed by atoms with E-state index in [9.17, 15) is 4.79 Å². The standard InChI is InChI=1S/C21H15ClN2O2/c22-16-9-5-14(6-10-16)19(25)13-23-17-11-7-15(8-12-17)21-24-18-3-1-2-4-20(18)26-21/h1-12,23H,13H2. The Bertz CT molecular complexity index is 1020. The summed E-state index contributed by atoms with van der Waals surface area (Å²) in [6.07, 6.45) is 0. The molecule has 0 aliphatic carbocycles. The number of rotatable bonds is 5. The third-order valence-electron chi connectivity index (χ3n) is 4.05. The molecule has 0 saturated heterocycles. The fourth-order valence-corrected chi connectivity index (χ4v) is 2.77. The molecular formula is C21H15ClN2O2. The zero-order chi connectivity index (χ0) is 17.9. The minimum atomic E-state index is 0.00435. The van der Waals surface area contributed by atoms with Crippen LogP contribution in [0.2, 0.25) is 5.02 Å². The molecule has 0 fully saturated rings. The smallest absolute Gasteiger partial charge is 0.227 e. The van der Waals surface area contributed by atoms with Crippen molar-refractivity contribution in [2.45, 2.75) is 0 Å². The maximum absolute atomic E-state index is 12.2. The van der Waals surface area contributed by atoms with Crippen LogP contribution in [0.1, 0.15) is 10.4 Å². The van der Waals surface area contributed by atoms with Crippen LogP contribution in [0, 0.1) is 0 Å². The van der Waals surface area contributed by atoms with Gasteiger partial charge in [-0.1, -0.05) is 23.7 Å². The minimum Gasteiger partial charge on any atom is -0.436 e. The number of benzene rings is 3. The fourth-order valence-electron chi connectivity index (χ4n) is 2.65. The first-order valence-corrected chi connectivity index (χ1v) is 8.55. The number of carbonyl (C=O) groups excluding carboxylic acids is 1. The Morgan fingerprint density at radius 2 is 1.69 bits per heavy atom.